The van der Waals surface area contributed by atoms with Crippen LogP contribution < -0.4 is 14.8 Å². The van der Waals surface area contributed by atoms with E-state index >= 15 is 0 Å². The summed E-state index contributed by atoms with van der Waals surface area (Å²) in [4.78, 5) is 13.4. The number of benzene rings is 3. The van der Waals surface area contributed by atoms with Gasteiger partial charge in [0.1, 0.15) is 11.5 Å². The second-order valence-corrected chi connectivity index (χ2v) is 8.20. The fraction of sp³-hybridized carbons (Fsp3) is 0.167. The average molecular weight is 432 g/mol. The van der Waals surface area contributed by atoms with Gasteiger partial charge in [0.25, 0.3) is 5.91 Å². The van der Waals surface area contributed by atoms with E-state index in [1.807, 2.05) is 48.5 Å². The molecule has 3 aliphatic heterocycles. The van der Waals surface area contributed by atoms with E-state index < -0.39 is 5.72 Å². The number of fused-ring (bicyclic) bond motifs is 6. The van der Waals surface area contributed by atoms with Gasteiger partial charge in [-0.3, -0.25) is 4.79 Å². The van der Waals surface area contributed by atoms with Crippen molar-refractivity contribution in [3.63, 3.8) is 0 Å². The van der Waals surface area contributed by atoms with E-state index in [2.05, 4.69) is 5.32 Å². The number of nitrogens with zero attached hydrogens (tertiary/aromatic N) is 2. The number of carbonyl (C=O) groups excluding carboxylic acids is 1. The molecule has 7 heteroatoms. The number of ether oxygens (including phenoxy) is 2. The molecule has 0 aromatic heterocycles. The van der Waals surface area contributed by atoms with E-state index in [9.17, 15) is 4.79 Å². The van der Waals surface area contributed by atoms with Gasteiger partial charge in [0, 0.05) is 17.0 Å². The number of halogens is 1. The van der Waals surface area contributed by atoms with Gasteiger partial charge in [0.2, 0.25) is 0 Å². The van der Waals surface area contributed by atoms with Crippen LogP contribution in [0.5, 0.6) is 11.5 Å². The highest BCUT2D eigenvalue weighted by Gasteiger charge is 2.60. The third-order valence-corrected chi connectivity index (χ3v) is 6.33. The maximum atomic E-state index is 13.4. The molecule has 154 valence electrons. The fourth-order valence-corrected chi connectivity index (χ4v) is 4.79. The van der Waals surface area contributed by atoms with E-state index in [0.29, 0.717) is 28.4 Å². The van der Waals surface area contributed by atoms with E-state index in [0.717, 1.165) is 22.6 Å². The van der Waals surface area contributed by atoms with Crippen LogP contribution in [0.2, 0.25) is 5.02 Å². The second kappa shape index (κ2) is 6.49. The molecule has 0 fully saturated rings. The van der Waals surface area contributed by atoms with Crippen LogP contribution in [-0.2, 0) is 10.5 Å². The van der Waals surface area contributed by atoms with E-state index in [-0.39, 0.29) is 11.9 Å². The Balaban J connectivity index is 1.54. The van der Waals surface area contributed by atoms with Crippen LogP contribution in [0.25, 0.3) is 0 Å². The highest BCUT2D eigenvalue weighted by molar-refractivity contribution is 6.31. The van der Waals surface area contributed by atoms with Gasteiger partial charge in [-0.1, -0.05) is 29.8 Å². The average Bonchev–Trinajstić information content (AvgIpc) is 3.35. The minimum absolute atomic E-state index is 0.141. The quantitative estimate of drug-likeness (QED) is 0.639. The molecule has 3 aromatic rings. The third-order valence-electron chi connectivity index (χ3n) is 6.09. The van der Waals surface area contributed by atoms with Crippen molar-refractivity contribution in [1.82, 2.24) is 5.01 Å². The summed E-state index contributed by atoms with van der Waals surface area (Å²) < 4.78 is 11.7. The maximum Gasteiger partial charge on any atom is 0.306 e. The van der Waals surface area contributed by atoms with Gasteiger partial charge in [-0.25, -0.2) is 5.01 Å². The van der Waals surface area contributed by atoms with Crippen molar-refractivity contribution in [3.8, 4) is 11.5 Å². The summed E-state index contributed by atoms with van der Waals surface area (Å²) in [5.74, 6) is 1.19. The van der Waals surface area contributed by atoms with Gasteiger partial charge in [-0.15, -0.1) is 0 Å². The maximum absolute atomic E-state index is 13.4. The molecular weight excluding hydrogens is 414 g/mol. The Morgan fingerprint density at radius 3 is 2.77 bits per heavy atom. The van der Waals surface area contributed by atoms with Gasteiger partial charge in [-0.2, -0.15) is 5.10 Å². The molecule has 0 radical (unpaired) electrons. The summed E-state index contributed by atoms with van der Waals surface area (Å²) in [7, 11) is 1.64. The zero-order chi connectivity index (χ0) is 21.2. The summed E-state index contributed by atoms with van der Waals surface area (Å²) in [5.41, 5.74) is 2.81. The lowest BCUT2D eigenvalue weighted by Crippen LogP contribution is -2.55. The van der Waals surface area contributed by atoms with Crippen LogP contribution in [0.1, 0.15) is 29.2 Å². The molecule has 1 N–H and O–H groups in total. The Bertz CT molecular complexity index is 1260. The minimum Gasteiger partial charge on any atom is -0.497 e. The summed E-state index contributed by atoms with van der Waals surface area (Å²) >= 11 is 6.31. The Hall–Kier alpha value is -3.51. The van der Waals surface area contributed by atoms with Gasteiger partial charge in [0.05, 0.1) is 30.1 Å². The topological polar surface area (TPSA) is 63.2 Å². The molecule has 3 aliphatic rings. The van der Waals surface area contributed by atoms with Crippen LogP contribution in [0.15, 0.2) is 71.8 Å². The number of amides is 1. The molecule has 3 aromatic carbocycles. The van der Waals surface area contributed by atoms with Gasteiger partial charge in [0.15, 0.2) is 0 Å². The highest BCUT2D eigenvalue weighted by atomic mass is 35.5. The molecule has 0 unspecified atom stereocenters. The second-order valence-electron chi connectivity index (χ2n) is 7.77. The van der Waals surface area contributed by atoms with Crippen molar-refractivity contribution < 1.29 is 14.3 Å². The molecule has 2 atom stereocenters. The van der Waals surface area contributed by atoms with Crippen molar-refractivity contribution in [3.05, 3.63) is 88.4 Å². The molecule has 0 saturated heterocycles. The molecule has 6 nitrogen and oxygen atoms in total. The van der Waals surface area contributed by atoms with Crippen molar-refractivity contribution in [2.24, 2.45) is 5.10 Å². The standard InChI is InChI=1S/C24H18ClN3O3/c1-30-16-9-6-14(7-10-16)20-13-21-17-4-2-3-5-22(17)31-24(28(21)27-20)18-12-15(25)8-11-19(18)26-23(24)29/h2-12,21H,13H2,1H3,(H,26,29)/t21-,24-/m0/s1. The highest BCUT2D eigenvalue weighted by Crippen LogP contribution is 2.54. The number of hydrogen-bond donors (Lipinski definition) is 1. The van der Waals surface area contributed by atoms with E-state index in [1.165, 1.54) is 0 Å². The predicted molar refractivity (Wildman–Crippen MR) is 118 cm³/mol. The molecule has 0 bridgehead atoms. The molecule has 1 amide bonds. The SMILES string of the molecule is COc1ccc(C2=NN3[C@@H](C2)c2ccccc2O[C@@]32C(=O)Nc3ccc(Cl)cc32)cc1. The van der Waals surface area contributed by atoms with Crippen molar-refractivity contribution in [2.45, 2.75) is 18.2 Å². The summed E-state index contributed by atoms with van der Waals surface area (Å²) in [6.45, 7) is 0. The number of para-hydroxylation sites is 1. The van der Waals surface area contributed by atoms with E-state index in [1.54, 1.807) is 30.3 Å². The summed E-state index contributed by atoms with van der Waals surface area (Å²) in [5, 5.41) is 10.2. The van der Waals surface area contributed by atoms with Crippen LogP contribution in [0, 0.1) is 0 Å². The number of nitrogens with one attached hydrogen (secondary N) is 1. The third kappa shape index (κ3) is 2.51. The normalized spacial score (nSPS) is 22.9. The minimum atomic E-state index is -1.41. The number of hydrogen-bond acceptors (Lipinski definition) is 5. The van der Waals surface area contributed by atoms with Crippen LogP contribution >= 0.6 is 11.6 Å². The van der Waals surface area contributed by atoms with Crippen LogP contribution in [0.4, 0.5) is 5.69 Å². The smallest absolute Gasteiger partial charge is 0.306 e. The first-order valence-electron chi connectivity index (χ1n) is 10.0. The molecule has 0 saturated carbocycles. The first-order valence-corrected chi connectivity index (χ1v) is 10.4. The zero-order valence-electron chi connectivity index (χ0n) is 16.6. The van der Waals surface area contributed by atoms with Crippen molar-refractivity contribution in [2.75, 3.05) is 12.4 Å². The van der Waals surface area contributed by atoms with Gasteiger partial charge < -0.3 is 14.8 Å². The van der Waals surface area contributed by atoms with Crippen molar-refractivity contribution in [1.29, 1.82) is 0 Å². The molecule has 6 rings (SSSR count). The predicted octanol–water partition coefficient (Wildman–Crippen LogP) is 4.70. The molecular formula is C24H18ClN3O3. The molecule has 3 heterocycles. The van der Waals surface area contributed by atoms with E-state index in [4.69, 9.17) is 26.2 Å². The molecule has 31 heavy (non-hydrogen) atoms. The van der Waals surface area contributed by atoms with Crippen LogP contribution in [0.3, 0.4) is 0 Å². The summed E-state index contributed by atoms with van der Waals surface area (Å²) in [6, 6.07) is 20.8. The van der Waals surface area contributed by atoms with Gasteiger partial charge in [-0.05, 0) is 54.1 Å². The van der Waals surface area contributed by atoms with Crippen LogP contribution in [-0.4, -0.2) is 23.7 Å². The lowest BCUT2D eigenvalue weighted by atomic mass is 9.92. The largest absolute Gasteiger partial charge is 0.497 e. The fourth-order valence-electron chi connectivity index (χ4n) is 4.62. The number of methoxy groups -OCH3 is 1. The Kier molecular flexibility index (Phi) is 3.83. The lowest BCUT2D eigenvalue weighted by molar-refractivity contribution is -0.161. The van der Waals surface area contributed by atoms with Gasteiger partial charge >= 0.3 is 5.72 Å². The zero-order valence-corrected chi connectivity index (χ0v) is 17.4. The van der Waals surface area contributed by atoms with Crippen molar-refractivity contribution >= 4 is 28.9 Å². The Morgan fingerprint density at radius 1 is 1.16 bits per heavy atom. The monoisotopic (exact) mass is 431 g/mol. The molecule has 0 aliphatic carbocycles. The number of rotatable bonds is 2. The summed E-state index contributed by atoms with van der Waals surface area (Å²) in [6.07, 6.45) is 0.650. The lowest BCUT2D eigenvalue weighted by Gasteiger charge is -2.44. The number of anilines is 1. The first kappa shape index (κ1) is 18.3. The number of hydrazone groups is 1. The number of carbonyl (C=O) groups is 1. The first-order chi connectivity index (χ1) is 15.1. The Morgan fingerprint density at radius 2 is 1.97 bits per heavy atom. The Labute approximate surface area is 184 Å². The molecule has 1 spiro atoms.